The average molecular weight is 344 g/mol. The Balaban J connectivity index is 1.73. The number of fused-ring (bicyclic) bond motifs is 1. The van der Waals surface area contributed by atoms with Gasteiger partial charge in [0.05, 0.1) is 11.4 Å². The summed E-state index contributed by atoms with van der Waals surface area (Å²) in [4.78, 5) is 14.7. The quantitative estimate of drug-likeness (QED) is 0.925. The van der Waals surface area contributed by atoms with Gasteiger partial charge in [-0.1, -0.05) is 24.3 Å². The highest BCUT2D eigenvalue weighted by Gasteiger charge is 2.27. The van der Waals surface area contributed by atoms with Crippen LogP contribution in [0.25, 0.3) is 0 Å². The molecule has 0 aromatic heterocycles. The van der Waals surface area contributed by atoms with Gasteiger partial charge in [0.25, 0.3) is 0 Å². The van der Waals surface area contributed by atoms with E-state index in [1.165, 1.54) is 17.7 Å². The summed E-state index contributed by atoms with van der Waals surface area (Å²) in [6.45, 7) is 2.33. The van der Waals surface area contributed by atoms with E-state index < -0.39 is 9.84 Å². The van der Waals surface area contributed by atoms with Crippen molar-refractivity contribution in [3.8, 4) is 0 Å². The molecule has 5 nitrogen and oxygen atoms in total. The van der Waals surface area contributed by atoms with Gasteiger partial charge in [-0.3, -0.25) is 4.79 Å². The fourth-order valence-corrected chi connectivity index (χ4v) is 3.70. The van der Waals surface area contributed by atoms with Gasteiger partial charge in [-0.05, 0) is 43.2 Å². The second-order valence-corrected chi connectivity index (χ2v) is 8.17. The van der Waals surface area contributed by atoms with E-state index in [-0.39, 0.29) is 23.4 Å². The van der Waals surface area contributed by atoms with Gasteiger partial charge in [0.15, 0.2) is 9.84 Å². The van der Waals surface area contributed by atoms with Gasteiger partial charge < -0.3 is 10.2 Å². The Morgan fingerprint density at radius 3 is 2.71 bits per heavy atom. The van der Waals surface area contributed by atoms with Crippen molar-refractivity contribution in [2.45, 2.75) is 24.3 Å². The van der Waals surface area contributed by atoms with Gasteiger partial charge in [0, 0.05) is 23.7 Å². The summed E-state index contributed by atoms with van der Waals surface area (Å²) in [6, 6.07) is 14.7. The topological polar surface area (TPSA) is 66.5 Å². The number of nitrogens with one attached hydrogen (secondary N) is 1. The van der Waals surface area contributed by atoms with Crippen LogP contribution in [-0.2, 0) is 21.1 Å². The Morgan fingerprint density at radius 2 is 1.96 bits per heavy atom. The third kappa shape index (κ3) is 3.43. The number of carbonyl (C=O) groups excluding carboxylic acids is 1. The molecule has 126 valence electrons. The highest BCUT2D eigenvalue weighted by molar-refractivity contribution is 7.90. The number of rotatable bonds is 4. The second-order valence-electron chi connectivity index (χ2n) is 6.16. The number of anilines is 2. The summed E-state index contributed by atoms with van der Waals surface area (Å²) in [5, 5.41) is 2.79. The van der Waals surface area contributed by atoms with Crippen LogP contribution in [0.1, 0.15) is 12.5 Å². The van der Waals surface area contributed by atoms with Crippen molar-refractivity contribution in [1.29, 1.82) is 0 Å². The van der Waals surface area contributed by atoms with Crippen LogP contribution in [0.15, 0.2) is 53.4 Å². The minimum Gasteiger partial charge on any atom is -0.359 e. The van der Waals surface area contributed by atoms with Gasteiger partial charge >= 0.3 is 0 Å². The van der Waals surface area contributed by atoms with Gasteiger partial charge in [-0.15, -0.1) is 0 Å². The lowest BCUT2D eigenvalue weighted by atomic mass is 10.1. The maximum Gasteiger partial charge on any atom is 0.243 e. The van der Waals surface area contributed by atoms with Gasteiger partial charge in [0.1, 0.15) is 0 Å². The van der Waals surface area contributed by atoms with Crippen molar-refractivity contribution in [2.75, 3.05) is 23.0 Å². The van der Waals surface area contributed by atoms with Gasteiger partial charge in [-0.25, -0.2) is 8.42 Å². The number of para-hydroxylation sites is 1. The molecule has 3 rings (SSSR count). The highest BCUT2D eigenvalue weighted by atomic mass is 32.2. The fourth-order valence-electron chi connectivity index (χ4n) is 3.03. The Labute approximate surface area is 142 Å². The van der Waals surface area contributed by atoms with Crippen LogP contribution in [-0.4, -0.2) is 33.2 Å². The first-order chi connectivity index (χ1) is 11.3. The second kappa shape index (κ2) is 6.28. The lowest BCUT2D eigenvalue weighted by molar-refractivity contribution is -0.115. The predicted molar refractivity (Wildman–Crippen MR) is 95.1 cm³/mol. The van der Waals surface area contributed by atoms with Crippen molar-refractivity contribution >= 4 is 27.1 Å². The number of hydrogen-bond donors (Lipinski definition) is 1. The molecule has 1 atom stereocenters. The zero-order valence-electron chi connectivity index (χ0n) is 13.7. The van der Waals surface area contributed by atoms with Gasteiger partial charge in [0.2, 0.25) is 5.91 Å². The molecule has 0 fully saturated rings. The molecule has 0 saturated carbocycles. The molecule has 6 heteroatoms. The molecule has 2 aromatic carbocycles. The number of hydrogen-bond acceptors (Lipinski definition) is 4. The molecule has 1 aliphatic rings. The number of sulfone groups is 1. The summed E-state index contributed by atoms with van der Waals surface area (Å²) in [5.74, 6) is -0.163. The van der Waals surface area contributed by atoms with E-state index in [1.54, 1.807) is 12.1 Å². The monoisotopic (exact) mass is 344 g/mol. The number of carbonyl (C=O) groups is 1. The zero-order valence-corrected chi connectivity index (χ0v) is 14.5. The van der Waals surface area contributed by atoms with Crippen LogP contribution in [0.4, 0.5) is 11.4 Å². The molecule has 0 bridgehead atoms. The maximum absolute atomic E-state index is 12.4. The first-order valence-electron chi connectivity index (χ1n) is 7.79. The number of nitrogens with zero attached hydrogens (tertiary/aromatic N) is 1. The number of benzene rings is 2. The van der Waals surface area contributed by atoms with Crippen LogP contribution in [0.5, 0.6) is 0 Å². The third-order valence-electron chi connectivity index (χ3n) is 4.21. The van der Waals surface area contributed by atoms with Crippen molar-refractivity contribution in [3.05, 3.63) is 54.1 Å². The van der Waals surface area contributed by atoms with E-state index in [1.807, 2.05) is 18.2 Å². The van der Waals surface area contributed by atoms with Crippen molar-refractivity contribution < 1.29 is 13.2 Å². The summed E-state index contributed by atoms with van der Waals surface area (Å²) in [6.07, 6.45) is 2.07. The Kier molecular flexibility index (Phi) is 4.32. The van der Waals surface area contributed by atoms with E-state index in [2.05, 4.69) is 23.2 Å². The molecule has 0 radical (unpaired) electrons. The lowest BCUT2D eigenvalue weighted by Gasteiger charge is -2.24. The molecular formula is C18H20N2O3S. The molecule has 1 heterocycles. The van der Waals surface area contributed by atoms with Crippen molar-refractivity contribution in [3.63, 3.8) is 0 Å². The molecule has 0 unspecified atom stereocenters. The maximum atomic E-state index is 12.4. The standard InChI is InChI=1S/C18H20N2O3S/c1-13-10-14-6-3-4-9-17(14)20(13)12-18(21)19-15-7-5-8-16(11-15)24(2,22)23/h3-9,11,13H,10,12H2,1-2H3,(H,19,21)/t13-/m0/s1. The summed E-state index contributed by atoms with van der Waals surface area (Å²) < 4.78 is 23.2. The van der Waals surface area contributed by atoms with Crippen LogP contribution in [0.2, 0.25) is 0 Å². The molecule has 1 amide bonds. The Bertz CT molecular complexity index is 877. The molecule has 0 aliphatic carbocycles. The normalized spacial score (nSPS) is 16.8. The molecule has 0 spiro atoms. The third-order valence-corrected chi connectivity index (χ3v) is 5.32. The Hall–Kier alpha value is -2.34. The van der Waals surface area contributed by atoms with Crippen LogP contribution in [0.3, 0.4) is 0 Å². The predicted octanol–water partition coefficient (Wildman–Crippen LogP) is 2.48. The molecule has 1 N–H and O–H groups in total. The summed E-state index contributed by atoms with van der Waals surface area (Å²) in [7, 11) is -3.29. The number of amides is 1. The average Bonchev–Trinajstić information content (AvgIpc) is 2.83. The Morgan fingerprint density at radius 1 is 1.21 bits per heavy atom. The fraction of sp³-hybridized carbons (Fsp3) is 0.278. The van der Waals surface area contributed by atoms with Crippen LogP contribution < -0.4 is 10.2 Å². The van der Waals surface area contributed by atoms with Gasteiger partial charge in [-0.2, -0.15) is 0 Å². The van der Waals surface area contributed by atoms with E-state index in [4.69, 9.17) is 0 Å². The SMILES string of the molecule is C[C@H]1Cc2ccccc2N1CC(=O)Nc1cccc(S(C)(=O)=O)c1. The van der Waals surface area contributed by atoms with Crippen LogP contribution in [0, 0.1) is 0 Å². The van der Waals surface area contributed by atoms with Crippen molar-refractivity contribution in [1.82, 2.24) is 0 Å². The molecule has 1 aliphatic heterocycles. The molecular weight excluding hydrogens is 324 g/mol. The van der Waals surface area contributed by atoms with E-state index >= 15 is 0 Å². The summed E-state index contributed by atoms with van der Waals surface area (Å²) in [5.41, 5.74) is 2.82. The largest absolute Gasteiger partial charge is 0.359 e. The highest BCUT2D eigenvalue weighted by Crippen LogP contribution is 2.31. The zero-order chi connectivity index (χ0) is 17.3. The molecule has 0 saturated heterocycles. The minimum absolute atomic E-state index is 0.163. The lowest BCUT2D eigenvalue weighted by Crippen LogP contribution is -2.37. The minimum atomic E-state index is -3.29. The van der Waals surface area contributed by atoms with Crippen LogP contribution >= 0.6 is 0 Å². The molecule has 24 heavy (non-hydrogen) atoms. The van der Waals surface area contributed by atoms with E-state index in [0.29, 0.717) is 5.69 Å². The molecule has 2 aromatic rings. The van der Waals surface area contributed by atoms with E-state index in [9.17, 15) is 13.2 Å². The van der Waals surface area contributed by atoms with Crippen molar-refractivity contribution in [2.24, 2.45) is 0 Å². The summed E-state index contributed by atoms with van der Waals surface area (Å²) >= 11 is 0. The first-order valence-corrected chi connectivity index (χ1v) is 9.68. The smallest absolute Gasteiger partial charge is 0.243 e. The van der Waals surface area contributed by atoms with E-state index in [0.717, 1.165) is 18.4 Å². The first kappa shape index (κ1) is 16.5.